The van der Waals surface area contributed by atoms with Crippen LogP contribution in [0.2, 0.25) is 0 Å². The van der Waals surface area contributed by atoms with Crippen LogP contribution in [-0.4, -0.2) is 25.3 Å². The Hall–Kier alpha value is -0.450. The quantitative estimate of drug-likeness (QED) is 0.923. The monoisotopic (exact) mass is 301 g/mol. The van der Waals surface area contributed by atoms with Gasteiger partial charge < -0.3 is 10.1 Å². The van der Waals surface area contributed by atoms with Gasteiger partial charge in [-0.15, -0.1) is 0 Å². The first-order chi connectivity index (χ1) is 8.15. The molecule has 2 nitrogen and oxygen atoms in total. The Labute approximate surface area is 110 Å². The predicted octanol–water partition coefficient (Wildman–Crippen LogP) is 2.90. The highest BCUT2D eigenvalue weighted by atomic mass is 79.9. The van der Waals surface area contributed by atoms with Crippen LogP contribution in [0, 0.1) is 5.82 Å². The molecule has 0 bridgehead atoms. The first-order valence-corrected chi connectivity index (χ1v) is 6.72. The summed E-state index contributed by atoms with van der Waals surface area (Å²) in [5.41, 5.74) is 0.757. The van der Waals surface area contributed by atoms with Gasteiger partial charge in [0.2, 0.25) is 0 Å². The van der Waals surface area contributed by atoms with Crippen molar-refractivity contribution in [1.29, 1.82) is 0 Å². The summed E-state index contributed by atoms with van der Waals surface area (Å²) in [6.45, 7) is 3.68. The molecule has 17 heavy (non-hydrogen) atoms. The zero-order chi connectivity index (χ0) is 12.3. The highest BCUT2D eigenvalue weighted by Crippen LogP contribution is 2.17. The van der Waals surface area contributed by atoms with Crippen LogP contribution < -0.4 is 5.32 Å². The number of ether oxygens (including phenoxy) is 1. The maximum absolute atomic E-state index is 13.6. The summed E-state index contributed by atoms with van der Waals surface area (Å²) >= 11 is 3.26. The molecule has 1 heterocycles. The molecule has 0 spiro atoms. The average Bonchev–Trinajstić information content (AvgIpc) is 2.75. The Bertz CT molecular complexity index is 380. The molecule has 4 heteroatoms. The van der Waals surface area contributed by atoms with E-state index in [4.69, 9.17) is 4.74 Å². The van der Waals surface area contributed by atoms with E-state index in [0.717, 1.165) is 29.7 Å². The minimum absolute atomic E-state index is 0.143. The van der Waals surface area contributed by atoms with Crippen molar-refractivity contribution in [3.63, 3.8) is 0 Å². The van der Waals surface area contributed by atoms with Gasteiger partial charge in [0, 0.05) is 23.2 Å². The summed E-state index contributed by atoms with van der Waals surface area (Å²) in [4.78, 5) is 0. The number of benzene rings is 1. The van der Waals surface area contributed by atoms with Gasteiger partial charge in [0.25, 0.3) is 0 Å². The Morgan fingerprint density at radius 1 is 1.59 bits per heavy atom. The standard InChI is InChI=1S/C13H17BrFNO/c1-9(16-12-4-5-17-8-12)6-10-2-3-11(14)7-13(10)15/h2-3,7,9,12,16H,4-6,8H2,1H3/t9-,12-/m1/s1. The van der Waals surface area contributed by atoms with Gasteiger partial charge in [-0.25, -0.2) is 4.39 Å². The summed E-state index contributed by atoms with van der Waals surface area (Å²) in [6.07, 6.45) is 1.75. The van der Waals surface area contributed by atoms with E-state index in [-0.39, 0.29) is 11.9 Å². The fourth-order valence-electron chi connectivity index (χ4n) is 2.14. The topological polar surface area (TPSA) is 21.3 Å². The number of hydrogen-bond donors (Lipinski definition) is 1. The number of nitrogens with one attached hydrogen (secondary N) is 1. The molecule has 1 fully saturated rings. The molecule has 1 aliphatic rings. The summed E-state index contributed by atoms with van der Waals surface area (Å²) in [5, 5.41) is 3.47. The van der Waals surface area contributed by atoms with Gasteiger partial charge in [0.05, 0.1) is 6.61 Å². The summed E-state index contributed by atoms with van der Waals surface area (Å²) < 4.78 is 19.7. The molecule has 0 saturated carbocycles. The van der Waals surface area contributed by atoms with Crippen LogP contribution in [0.3, 0.4) is 0 Å². The molecule has 0 aromatic heterocycles. The third kappa shape index (κ3) is 3.76. The summed E-state index contributed by atoms with van der Waals surface area (Å²) in [7, 11) is 0. The van der Waals surface area contributed by atoms with Crippen LogP contribution in [-0.2, 0) is 11.2 Å². The Kier molecular flexibility index (Phi) is 4.54. The van der Waals surface area contributed by atoms with E-state index in [1.54, 1.807) is 0 Å². The van der Waals surface area contributed by atoms with Gasteiger partial charge in [-0.2, -0.15) is 0 Å². The lowest BCUT2D eigenvalue weighted by Crippen LogP contribution is -2.38. The molecule has 94 valence electrons. The molecule has 2 atom stereocenters. The van der Waals surface area contributed by atoms with Gasteiger partial charge >= 0.3 is 0 Å². The van der Waals surface area contributed by atoms with E-state index in [2.05, 4.69) is 28.2 Å². The Balaban J connectivity index is 1.90. The summed E-state index contributed by atoms with van der Waals surface area (Å²) in [6, 6.07) is 5.91. The predicted molar refractivity (Wildman–Crippen MR) is 69.6 cm³/mol. The second kappa shape index (κ2) is 5.94. The SMILES string of the molecule is C[C@H](Cc1ccc(Br)cc1F)N[C@@H]1CCOC1. The van der Waals surface area contributed by atoms with Gasteiger partial charge in [0.1, 0.15) is 5.82 Å². The molecule has 0 aliphatic carbocycles. The van der Waals surface area contributed by atoms with Gasteiger partial charge in [-0.1, -0.05) is 22.0 Å². The van der Waals surface area contributed by atoms with Gasteiger partial charge in [0.15, 0.2) is 0 Å². The van der Waals surface area contributed by atoms with Crippen molar-refractivity contribution < 1.29 is 9.13 Å². The molecule has 0 radical (unpaired) electrons. The van der Waals surface area contributed by atoms with Crippen LogP contribution in [0.4, 0.5) is 4.39 Å². The molecule has 1 aliphatic heterocycles. The zero-order valence-corrected chi connectivity index (χ0v) is 11.5. The molecule has 1 saturated heterocycles. The Morgan fingerprint density at radius 2 is 2.41 bits per heavy atom. The minimum atomic E-state index is -0.143. The molecule has 1 aromatic carbocycles. The van der Waals surface area contributed by atoms with Crippen molar-refractivity contribution in [2.45, 2.75) is 31.8 Å². The van der Waals surface area contributed by atoms with Gasteiger partial charge in [-0.05, 0) is 37.5 Å². The van der Waals surface area contributed by atoms with E-state index in [0.29, 0.717) is 12.5 Å². The third-order valence-electron chi connectivity index (χ3n) is 2.99. The zero-order valence-electron chi connectivity index (χ0n) is 9.88. The fourth-order valence-corrected chi connectivity index (χ4v) is 2.48. The van der Waals surface area contributed by atoms with Crippen LogP contribution in [0.1, 0.15) is 18.9 Å². The number of halogens is 2. The summed E-state index contributed by atoms with van der Waals surface area (Å²) in [5.74, 6) is -0.143. The number of hydrogen-bond acceptors (Lipinski definition) is 2. The second-order valence-electron chi connectivity index (χ2n) is 4.57. The lowest BCUT2D eigenvalue weighted by molar-refractivity contribution is 0.188. The van der Waals surface area contributed by atoms with Crippen molar-refractivity contribution in [3.05, 3.63) is 34.1 Å². The van der Waals surface area contributed by atoms with Gasteiger partial charge in [-0.3, -0.25) is 0 Å². The Morgan fingerprint density at radius 3 is 3.06 bits per heavy atom. The van der Waals surface area contributed by atoms with E-state index >= 15 is 0 Å². The molecule has 1 N–H and O–H groups in total. The largest absolute Gasteiger partial charge is 0.380 e. The van der Waals surface area contributed by atoms with Crippen molar-refractivity contribution in [2.75, 3.05) is 13.2 Å². The van der Waals surface area contributed by atoms with Crippen molar-refractivity contribution in [1.82, 2.24) is 5.32 Å². The van der Waals surface area contributed by atoms with Crippen molar-refractivity contribution >= 4 is 15.9 Å². The molecular formula is C13H17BrFNO. The van der Waals surface area contributed by atoms with E-state index in [1.807, 2.05) is 12.1 Å². The first-order valence-electron chi connectivity index (χ1n) is 5.93. The first kappa shape index (κ1) is 13.0. The van der Waals surface area contributed by atoms with Crippen molar-refractivity contribution in [2.24, 2.45) is 0 Å². The smallest absolute Gasteiger partial charge is 0.127 e. The van der Waals surface area contributed by atoms with Crippen LogP contribution in [0.5, 0.6) is 0 Å². The lowest BCUT2D eigenvalue weighted by atomic mass is 10.1. The average molecular weight is 302 g/mol. The maximum atomic E-state index is 13.6. The molecule has 0 unspecified atom stereocenters. The van der Waals surface area contributed by atoms with E-state index in [9.17, 15) is 4.39 Å². The van der Waals surface area contributed by atoms with Crippen LogP contribution in [0.25, 0.3) is 0 Å². The molecule has 1 aromatic rings. The van der Waals surface area contributed by atoms with Crippen LogP contribution >= 0.6 is 15.9 Å². The highest BCUT2D eigenvalue weighted by molar-refractivity contribution is 9.10. The van der Waals surface area contributed by atoms with E-state index in [1.165, 1.54) is 6.07 Å². The maximum Gasteiger partial charge on any atom is 0.127 e. The number of rotatable bonds is 4. The third-order valence-corrected chi connectivity index (χ3v) is 3.48. The minimum Gasteiger partial charge on any atom is -0.380 e. The lowest BCUT2D eigenvalue weighted by Gasteiger charge is -2.18. The molecule has 2 rings (SSSR count). The second-order valence-corrected chi connectivity index (χ2v) is 5.48. The van der Waals surface area contributed by atoms with Crippen LogP contribution in [0.15, 0.2) is 22.7 Å². The van der Waals surface area contributed by atoms with E-state index < -0.39 is 0 Å². The highest BCUT2D eigenvalue weighted by Gasteiger charge is 2.18. The molecule has 0 amide bonds. The van der Waals surface area contributed by atoms with Crippen molar-refractivity contribution in [3.8, 4) is 0 Å². The fraction of sp³-hybridized carbons (Fsp3) is 0.538. The normalized spacial score (nSPS) is 21.7. The molecular weight excluding hydrogens is 285 g/mol.